The Labute approximate surface area is 782 Å². The van der Waals surface area contributed by atoms with E-state index in [0.717, 1.165) is 44.3 Å². The molecule has 6 aliphatic heterocycles. The number of aliphatic hydroxyl groups is 7. The van der Waals surface area contributed by atoms with Gasteiger partial charge in [-0.05, 0) is 93.0 Å². The molecule has 6 heterocycles. The van der Waals surface area contributed by atoms with Gasteiger partial charge in [-0.2, -0.15) is 0 Å². The van der Waals surface area contributed by atoms with Gasteiger partial charge in [0.25, 0.3) is 0 Å². The lowest BCUT2D eigenvalue weighted by molar-refractivity contribution is 0.154. The van der Waals surface area contributed by atoms with Crippen LogP contribution in [-0.2, 0) is 46.5 Å². The second-order valence-corrected chi connectivity index (χ2v) is 31.5. The molecule has 0 spiro atoms. The van der Waals surface area contributed by atoms with Gasteiger partial charge in [0, 0.05) is 200 Å². The van der Waals surface area contributed by atoms with Crippen LogP contribution in [0.1, 0.15) is 145 Å². The summed E-state index contributed by atoms with van der Waals surface area (Å²) in [5.41, 5.74) is 56.8. The Bertz CT molecular complexity index is 4830. The van der Waals surface area contributed by atoms with E-state index in [9.17, 15) is 40.4 Å². The molecule has 0 saturated heterocycles. The van der Waals surface area contributed by atoms with Crippen molar-refractivity contribution in [1.82, 2.24) is 0 Å². The Morgan fingerprint density at radius 3 is 0.821 bits per heavy atom. The fourth-order valence-electron chi connectivity index (χ4n) is 16.1. The maximum atomic E-state index is 11.4. The smallest absolute Gasteiger partial charge is 0.494 e. The van der Waals surface area contributed by atoms with Gasteiger partial charge in [0.2, 0.25) is 0 Å². The molecule has 28 N–H and O–H groups in total. The number of benzene rings is 8. The van der Waals surface area contributed by atoms with Crippen molar-refractivity contribution in [2.75, 3.05) is 158 Å². The van der Waals surface area contributed by atoms with Crippen molar-refractivity contribution in [3.63, 3.8) is 0 Å². The van der Waals surface area contributed by atoms with Gasteiger partial charge in [-0.3, -0.25) is 0 Å². The third-order valence-corrected chi connectivity index (χ3v) is 22.5. The van der Waals surface area contributed by atoms with Crippen LogP contribution in [0.2, 0.25) is 0 Å². The van der Waals surface area contributed by atoms with E-state index in [-0.39, 0.29) is 133 Å². The zero-order valence-electron chi connectivity index (χ0n) is 75.1. The number of fused-ring (bicyclic) bond motifs is 6. The number of ether oxygens (including phenoxy) is 8. The monoisotopic (exact) mass is 1860 g/mol. The summed E-state index contributed by atoms with van der Waals surface area (Å²) in [6.45, 7) is 4.85. The molecule has 720 valence electrons. The van der Waals surface area contributed by atoms with Crippen molar-refractivity contribution >= 4 is 101 Å². The van der Waals surface area contributed by atoms with Gasteiger partial charge in [0.15, 0.2) is 0 Å². The molecule has 0 fully saturated rings. The molecular weight excluding hydrogens is 1740 g/mol. The minimum Gasteiger partial charge on any atom is -0.494 e. The molecule has 8 aromatic rings. The summed E-state index contributed by atoms with van der Waals surface area (Å²) in [6.07, 6.45) is -0.319. The van der Waals surface area contributed by atoms with Gasteiger partial charge in [-0.1, -0.05) is 97.1 Å². The van der Waals surface area contributed by atoms with Crippen LogP contribution in [0.5, 0.6) is 46.0 Å². The normalized spacial score (nSPS) is 17.4. The van der Waals surface area contributed by atoms with E-state index in [4.69, 9.17) is 151 Å². The maximum Gasteiger partial charge on any atom is 0.498 e. The van der Waals surface area contributed by atoms with Crippen LogP contribution in [0.15, 0.2) is 146 Å². The molecule has 14 rings (SSSR count). The molecule has 8 unspecified atom stereocenters. The fraction of sp³-hybridized carbons (Fsp3) is 0.455. The van der Waals surface area contributed by atoms with Crippen molar-refractivity contribution in [3.05, 3.63) is 190 Å². The molecule has 134 heavy (non-hydrogen) atoms. The van der Waals surface area contributed by atoms with Crippen molar-refractivity contribution in [2.45, 2.75) is 100 Å². The van der Waals surface area contributed by atoms with Gasteiger partial charge in [-0.15, -0.1) is 0 Å². The highest BCUT2D eigenvalue weighted by Gasteiger charge is 2.47. The fourth-order valence-corrected chi connectivity index (χ4v) is 16.1. The quantitative estimate of drug-likeness (QED) is 0.0126. The second-order valence-electron chi connectivity index (χ2n) is 31.5. The minimum atomic E-state index is -1.62. The Hall–Kier alpha value is -8.52. The minimum absolute atomic E-state index is 0.0535. The zero-order chi connectivity index (χ0) is 95.4. The molecule has 8 aromatic carbocycles. The predicted molar refractivity (Wildman–Crippen MR) is 506 cm³/mol. The maximum absolute atomic E-state index is 11.4. The molecule has 0 bridgehead atoms. The predicted octanol–water partition coefficient (Wildman–Crippen LogP) is -4.59. The first-order valence-electron chi connectivity index (χ1n) is 45.3. The highest BCUT2D eigenvalue weighted by molar-refractivity contribution is 6.76. The number of hydrogen-bond donors (Lipinski definition) is 20. The SMILES string of the molecule is NCC(O)c1cccc(OCCCO)c1B(O)OCCCOc1cccc2c1B(OB(O)c1c(OCCCO)cccc1C(O)CN)OC2CN.NCC1OB(O)c2c(OCCCO)cccc21.NCC1OB(O)c2c(OCCCO)cccc21.NCC1OB(O)c2c(OCCCOB3OC(CN)c4cccc(OCCCOB5OC(CN)c6cccc(OCCCO)c65)c43)cccc21. The van der Waals surface area contributed by atoms with Gasteiger partial charge in [-0.25, -0.2) is 0 Å². The lowest BCUT2D eigenvalue weighted by Gasteiger charge is -2.22. The average Bonchev–Trinajstić information content (AvgIpc) is 1.82. The van der Waals surface area contributed by atoms with Crippen LogP contribution in [-0.4, -0.2) is 276 Å². The van der Waals surface area contributed by atoms with Gasteiger partial charge >= 0.3 is 56.9 Å². The van der Waals surface area contributed by atoms with E-state index in [2.05, 4.69) is 0 Å². The molecule has 0 amide bonds. The summed E-state index contributed by atoms with van der Waals surface area (Å²) in [5, 5.41) is 118. The second kappa shape index (κ2) is 55.2. The van der Waals surface area contributed by atoms with E-state index in [1.165, 1.54) is 0 Å². The van der Waals surface area contributed by atoms with E-state index in [1.54, 1.807) is 60.7 Å². The Morgan fingerprint density at radius 2 is 0.522 bits per heavy atom. The van der Waals surface area contributed by atoms with Crippen LogP contribution in [0.3, 0.4) is 0 Å². The van der Waals surface area contributed by atoms with Crippen molar-refractivity contribution < 1.29 is 145 Å². The number of hydrogen-bond acceptors (Lipinski definition) is 38. The topological polar surface area (TPSA) is 617 Å². The van der Waals surface area contributed by atoms with Gasteiger partial charge in [0.05, 0.1) is 102 Å². The molecule has 0 aromatic heterocycles. The molecule has 46 heteroatoms. The first kappa shape index (κ1) is 106. The zero-order valence-corrected chi connectivity index (χ0v) is 75.1. The lowest BCUT2D eigenvalue weighted by atomic mass is 9.68. The Morgan fingerprint density at radius 1 is 0.284 bits per heavy atom. The summed E-state index contributed by atoms with van der Waals surface area (Å²) in [4.78, 5) is 0. The van der Waals surface area contributed by atoms with Gasteiger partial charge < -0.3 is 191 Å². The molecule has 38 nitrogen and oxygen atoms in total. The Balaban J connectivity index is 0.000000191. The van der Waals surface area contributed by atoms with E-state index < -0.39 is 75.3 Å². The summed E-state index contributed by atoms with van der Waals surface area (Å²) < 4.78 is 106. The molecule has 0 saturated carbocycles. The van der Waals surface area contributed by atoms with E-state index in [0.29, 0.717) is 197 Å². The van der Waals surface area contributed by atoms with Gasteiger partial charge in [0.1, 0.15) is 46.0 Å². The third-order valence-electron chi connectivity index (χ3n) is 22.5. The van der Waals surface area contributed by atoms with Crippen molar-refractivity contribution in [2.24, 2.45) is 45.9 Å². The van der Waals surface area contributed by atoms with Crippen molar-refractivity contribution in [3.8, 4) is 46.0 Å². The molecule has 8 atom stereocenters. The first-order valence-corrected chi connectivity index (χ1v) is 45.3. The summed E-state index contributed by atoms with van der Waals surface area (Å²) in [6, 6.07) is 43.3. The number of nitrogens with two attached hydrogens (primary N) is 8. The van der Waals surface area contributed by atoms with Crippen LogP contribution in [0, 0.1) is 0 Å². The van der Waals surface area contributed by atoms with Crippen LogP contribution in [0.25, 0.3) is 0 Å². The standard InChI is InChI=1S/C33H48B3N3O12.C33H44B3N3O10.2C11H16BNO4/c37-19-25(42)22-7-1-10-27(46-15-4-13-40)31(22)34(44)49-18-6-17-48-29-12-3-9-24-30(21-39)50-36(33(24)29)51-35(45)32-23(26(43)20-38)8-2-11-28(32)47-16-5-14-41;37-19-28-22-7-1-10-25(31(22)34(41)47-28)43-15-5-17-45-36-33-24(30(21-39)49-36)9-3-12-27(33)44-16-6-18-46-35-32-23(29(20-38)48-35)8-2-11-26(32)42-14-4-13-40;2*13-7-10-8-3-1-4-9(16-6-2-5-14)11(8)12(15)17-10/h1-3,7-12,25-26,30,40-45H,4-6,13-21,37-39H2;1-3,7-12,28-30,40-41H,4-6,13-21,37-39H2;2*1,3-4,10,14-15H,2,5-7,13H2. The first-order chi connectivity index (χ1) is 65.4. The highest BCUT2D eigenvalue weighted by Crippen LogP contribution is 2.36. The highest BCUT2D eigenvalue weighted by atomic mass is 16.6. The molecule has 6 aliphatic rings. The number of aliphatic hydroxyl groups excluding tert-OH is 7. The average molecular weight is 1860 g/mol. The number of rotatable bonds is 52. The largest absolute Gasteiger partial charge is 0.498 e. The van der Waals surface area contributed by atoms with Crippen LogP contribution < -0.4 is 127 Å². The lowest BCUT2D eigenvalue weighted by Crippen LogP contribution is -2.47. The molecule has 0 aliphatic carbocycles. The summed E-state index contributed by atoms with van der Waals surface area (Å²) in [5.74, 6) is 4.09. The molecular formula is C88H124B8N8O30. The van der Waals surface area contributed by atoms with Crippen molar-refractivity contribution in [1.29, 1.82) is 0 Å². The van der Waals surface area contributed by atoms with E-state index in [1.807, 2.05) is 84.9 Å². The summed E-state index contributed by atoms with van der Waals surface area (Å²) in [7, 11) is -8.46. The molecule has 0 radical (unpaired) electrons. The summed E-state index contributed by atoms with van der Waals surface area (Å²) >= 11 is 0. The van der Waals surface area contributed by atoms with Crippen LogP contribution >= 0.6 is 0 Å². The Kier molecular flexibility index (Phi) is 43.6. The van der Waals surface area contributed by atoms with E-state index >= 15 is 0 Å². The van der Waals surface area contributed by atoms with Crippen LogP contribution in [0.4, 0.5) is 0 Å². The third kappa shape index (κ3) is 27.3.